The fraction of sp³-hybridized carbons (Fsp3) is 0.833. The number of hydrogen-bond donors (Lipinski definition) is 4. The predicted molar refractivity (Wildman–Crippen MR) is 119 cm³/mol. The van der Waals surface area contributed by atoms with Crippen LogP contribution in [-0.2, 0) is 19.2 Å². The third kappa shape index (κ3) is 7.20. The van der Waals surface area contributed by atoms with E-state index in [0.717, 1.165) is 32.1 Å². The first kappa shape index (κ1) is 26.1. The van der Waals surface area contributed by atoms with Crippen LogP contribution in [0.25, 0.3) is 0 Å². The van der Waals surface area contributed by atoms with E-state index in [2.05, 4.69) is 17.6 Å². The van der Waals surface area contributed by atoms with Gasteiger partial charge in [-0.25, -0.2) is 0 Å². The van der Waals surface area contributed by atoms with Gasteiger partial charge in [0, 0.05) is 0 Å². The Kier molecular flexibility index (Phi) is 9.97. The molecule has 8 heteroatoms. The summed E-state index contributed by atoms with van der Waals surface area (Å²) in [4.78, 5) is 49.5. The number of carboxylic acid groups (broad SMARTS) is 2. The van der Waals surface area contributed by atoms with Crippen LogP contribution in [-0.4, -0.2) is 40.1 Å². The molecular formula is C24H40N2O6. The predicted octanol–water partition coefficient (Wildman–Crippen LogP) is 3.40. The van der Waals surface area contributed by atoms with Crippen molar-refractivity contribution in [1.82, 2.24) is 10.6 Å². The molecule has 0 aromatic carbocycles. The van der Waals surface area contributed by atoms with Gasteiger partial charge in [-0.3, -0.25) is 19.2 Å². The van der Waals surface area contributed by atoms with E-state index in [4.69, 9.17) is 0 Å². The van der Waals surface area contributed by atoms with Crippen molar-refractivity contribution in [1.29, 1.82) is 0 Å². The number of carbonyl (C=O) groups is 4. The van der Waals surface area contributed by atoms with E-state index in [1.165, 1.54) is 0 Å². The van der Waals surface area contributed by atoms with Crippen molar-refractivity contribution in [2.24, 2.45) is 35.5 Å². The third-order valence-electron chi connectivity index (χ3n) is 7.26. The van der Waals surface area contributed by atoms with Crippen LogP contribution in [0.1, 0.15) is 85.0 Å². The molecule has 2 rings (SSSR count). The van der Waals surface area contributed by atoms with Crippen LogP contribution in [0.2, 0.25) is 0 Å². The van der Waals surface area contributed by atoms with E-state index in [1.54, 1.807) is 0 Å². The van der Waals surface area contributed by atoms with Gasteiger partial charge in [0.15, 0.2) is 0 Å². The molecule has 2 fully saturated rings. The summed E-state index contributed by atoms with van der Waals surface area (Å²) in [6.45, 7) is 6.07. The molecule has 6 unspecified atom stereocenters. The van der Waals surface area contributed by atoms with Gasteiger partial charge in [-0.2, -0.15) is 0 Å². The maximum absolute atomic E-state index is 13.0. The molecule has 0 aromatic heterocycles. The Morgan fingerprint density at radius 1 is 0.750 bits per heavy atom. The Morgan fingerprint density at radius 2 is 1.19 bits per heavy atom. The molecule has 2 amide bonds. The van der Waals surface area contributed by atoms with Crippen molar-refractivity contribution in [2.45, 2.75) is 91.1 Å². The lowest BCUT2D eigenvalue weighted by molar-refractivity contribution is -0.150. The summed E-state index contributed by atoms with van der Waals surface area (Å²) < 4.78 is 0. The Morgan fingerprint density at radius 3 is 1.56 bits per heavy atom. The molecule has 2 aliphatic carbocycles. The molecule has 2 saturated carbocycles. The van der Waals surface area contributed by atoms with Gasteiger partial charge in [0.1, 0.15) is 6.17 Å². The zero-order chi connectivity index (χ0) is 23.8. The van der Waals surface area contributed by atoms with E-state index >= 15 is 0 Å². The molecular weight excluding hydrogens is 412 g/mol. The fourth-order valence-corrected chi connectivity index (χ4v) is 5.27. The summed E-state index contributed by atoms with van der Waals surface area (Å²) in [7, 11) is 0. The lowest BCUT2D eigenvalue weighted by atomic mass is 9.74. The lowest BCUT2D eigenvalue weighted by Gasteiger charge is -2.34. The number of hydrogen-bond acceptors (Lipinski definition) is 4. The van der Waals surface area contributed by atoms with Gasteiger partial charge in [0.25, 0.3) is 0 Å². The third-order valence-corrected chi connectivity index (χ3v) is 7.26. The maximum atomic E-state index is 13.0. The van der Waals surface area contributed by atoms with Gasteiger partial charge in [0.2, 0.25) is 11.8 Å². The first-order valence-electron chi connectivity index (χ1n) is 12.2. The topological polar surface area (TPSA) is 133 Å². The summed E-state index contributed by atoms with van der Waals surface area (Å²) in [6, 6.07) is 0. The van der Waals surface area contributed by atoms with Crippen LogP contribution in [0.5, 0.6) is 0 Å². The Labute approximate surface area is 190 Å². The molecule has 6 atom stereocenters. The molecule has 0 saturated heterocycles. The highest BCUT2D eigenvalue weighted by Gasteiger charge is 2.40. The van der Waals surface area contributed by atoms with E-state index in [0.29, 0.717) is 32.1 Å². The number of rotatable bonds is 10. The highest BCUT2D eigenvalue weighted by molar-refractivity contribution is 5.87. The average Bonchev–Trinajstić information content (AvgIpc) is 2.73. The molecule has 8 nitrogen and oxygen atoms in total. The van der Waals surface area contributed by atoms with Crippen LogP contribution < -0.4 is 10.6 Å². The Balaban J connectivity index is 2.08. The van der Waals surface area contributed by atoms with Crippen molar-refractivity contribution >= 4 is 23.8 Å². The molecule has 0 radical (unpaired) electrons. The summed E-state index contributed by atoms with van der Waals surface area (Å²) >= 11 is 0. The zero-order valence-electron chi connectivity index (χ0n) is 19.6. The van der Waals surface area contributed by atoms with Gasteiger partial charge in [-0.05, 0) is 63.2 Å². The second-order valence-electron chi connectivity index (χ2n) is 10.0. The van der Waals surface area contributed by atoms with Crippen molar-refractivity contribution in [3.8, 4) is 0 Å². The van der Waals surface area contributed by atoms with Crippen molar-refractivity contribution < 1.29 is 29.4 Å². The van der Waals surface area contributed by atoms with E-state index < -0.39 is 41.8 Å². The van der Waals surface area contributed by atoms with E-state index in [1.807, 2.05) is 13.8 Å². The van der Waals surface area contributed by atoms with Crippen LogP contribution in [0.4, 0.5) is 0 Å². The smallest absolute Gasteiger partial charge is 0.307 e. The number of aliphatic carboxylic acids is 2. The normalized spacial score (nSPS) is 31.3. The van der Waals surface area contributed by atoms with Gasteiger partial charge in [-0.15, -0.1) is 0 Å². The summed E-state index contributed by atoms with van der Waals surface area (Å²) in [5.41, 5.74) is 0. The number of unbranched alkanes of at least 4 members (excludes halogenated alkanes) is 2. The average molecular weight is 453 g/mol. The van der Waals surface area contributed by atoms with Gasteiger partial charge in [-0.1, -0.05) is 33.6 Å². The van der Waals surface area contributed by atoms with E-state index in [9.17, 15) is 29.4 Å². The molecule has 0 spiro atoms. The molecule has 0 aliphatic heterocycles. The highest BCUT2D eigenvalue weighted by atomic mass is 16.4. The summed E-state index contributed by atoms with van der Waals surface area (Å²) in [6.07, 6.45) is 6.22. The van der Waals surface area contributed by atoms with Crippen LogP contribution in [0.15, 0.2) is 0 Å². The molecule has 0 bridgehead atoms. The molecule has 2 aliphatic rings. The number of nitrogens with one attached hydrogen (secondary N) is 2. The second-order valence-corrected chi connectivity index (χ2v) is 10.0. The van der Waals surface area contributed by atoms with Gasteiger partial charge < -0.3 is 20.8 Å². The van der Waals surface area contributed by atoms with E-state index in [-0.39, 0.29) is 23.7 Å². The minimum absolute atomic E-state index is 0.266. The number of amides is 2. The first-order valence-corrected chi connectivity index (χ1v) is 12.2. The largest absolute Gasteiger partial charge is 0.481 e. The SMILES string of the molecule is CCCCCC(NC(=O)C1CCC(C)CC1C(=O)O)NC(=O)C1CCC(C)CC1C(=O)O. The van der Waals surface area contributed by atoms with Crippen molar-refractivity contribution in [2.75, 3.05) is 0 Å². The minimum Gasteiger partial charge on any atom is -0.481 e. The molecule has 182 valence electrons. The van der Waals surface area contributed by atoms with Crippen molar-refractivity contribution in [3.05, 3.63) is 0 Å². The monoisotopic (exact) mass is 452 g/mol. The lowest BCUT2D eigenvalue weighted by Crippen LogP contribution is -2.54. The van der Waals surface area contributed by atoms with Gasteiger partial charge in [0.05, 0.1) is 23.7 Å². The number of carbonyl (C=O) groups excluding carboxylic acids is 2. The van der Waals surface area contributed by atoms with Crippen molar-refractivity contribution in [3.63, 3.8) is 0 Å². The summed E-state index contributed by atoms with van der Waals surface area (Å²) in [5.74, 6) is -4.72. The van der Waals surface area contributed by atoms with Crippen LogP contribution in [0.3, 0.4) is 0 Å². The van der Waals surface area contributed by atoms with Crippen LogP contribution in [0, 0.1) is 35.5 Å². The standard InChI is InChI=1S/C24H40N2O6/c1-4-5-6-7-20(25-21(27)16-10-8-14(2)12-18(16)23(29)30)26-22(28)17-11-9-15(3)13-19(17)24(31)32/h14-20H,4-13H2,1-3H3,(H,25,27)(H,26,28)(H,29,30)(H,31,32). The quantitative estimate of drug-likeness (QED) is 0.297. The minimum atomic E-state index is -0.955. The second kappa shape index (κ2) is 12.2. The maximum Gasteiger partial charge on any atom is 0.307 e. The van der Waals surface area contributed by atoms with Crippen LogP contribution >= 0.6 is 0 Å². The summed E-state index contributed by atoms with van der Waals surface area (Å²) in [5, 5.41) is 25.0. The van der Waals surface area contributed by atoms with Gasteiger partial charge >= 0.3 is 11.9 Å². The molecule has 0 aromatic rings. The first-order chi connectivity index (χ1) is 15.1. The molecule has 32 heavy (non-hydrogen) atoms. The Bertz CT molecular complexity index is 629. The fourth-order valence-electron chi connectivity index (χ4n) is 5.27. The molecule has 0 heterocycles. The number of carboxylic acids is 2. The highest BCUT2D eigenvalue weighted by Crippen LogP contribution is 2.35. The zero-order valence-corrected chi connectivity index (χ0v) is 19.6. The molecule has 4 N–H and O–H groups in total. The Hall–Kier alpha value is -2.12.